The maximum Gasteiger partial charge on any atom is 0.347 e. The van der Waals surface area contributed by atoms with Gasteiger partial charge in [0.25, 0.3) is 0 Å². The lowest BCUT2D eigenvalue weighted by atomic mass is 10.2. The van der Waals surface area contributed by atoms with Gasteiger partial charge in [-0.3, -0.25) is 4.40 Å². The molecule has 0 fully saturated rings. The molecular weight excluding hydrogens is 284 g/mol. The van der Waals surface area contributed by atoms with Crippen LogP contribution >= 0.6 is 22.9 Å². The fourth-order valence-electron chi connectivity index (χ4n) is 1.94. The van der Waals surface area contributed by atoms with Gasteiger partial charge in [-0.1, -0.05) is 35.1 Å². The average molecular weight is 293 g/mol. The molecule has 0 bridgehead atoms. The van der Waals surface area contributed by atoms with E-state index in [4.69, 9.17) is 16.7 Å². The van der Waals surface area contributed by atoms with Crippen LogP contribution in [0.2, 0.25) is 5.02 Å². The van der Waals surface area contributed by atoms with Gasteiger partial charge in [0.2, 0.25) is 0 Å². The Balaban J connectivity index is 2.16. The molecule has 4 nitrogen and oxygen atoms in total. The third kappa shape index (κ3) is 2.01. The van der Waals surface area contributed by atoms with Gasteiger partial charge >= 0.3 is 5.97 Å². The summed E-state index contributed by atoms with van der Waals surface area (Å²) in [6.45, 7) is 1.77. The van der Waals surface area contributed by atoms with Crippen LogP contribution in [0.5, 0.6) is 0 Å². The summed E-state index contributed by atoms with van der Waals surface area (Å²) < 4.78 is 1.80. The Hall–Kier alpha value is -1.85. The van der Waals surface area contributed by atoms with Gasteiger partial charge in [0.05, 0.1) is 5.69 Å². The van der Waals surface area contributed by atoms with Crippen LogP contribution in [0.15, 0.2) is 30.5 Å². The van der Waals surface area contributed by atoms with E-state index in [0.717, 1.165) is 11.3 Å². The van der Waals surface area contributed by atoms with Crippen LogP contribution in [-0.4, -0.2) is 20.5 Å². The Kier molecular flexibility index (Phi) is 2.80. The van der Waals surface area contributed by atoms with Crippen molar-refractivity contribution >= 4 is 33.9 Å². The zero-order valence-electron chi connectivity index (χ0n) is 9.92. The van der Waals surface area contributed by atoms with E-state index in [1.54, 1.807) is 17.4 Å². The second kappa shape index (κ2) is 4.36. The number of rotatable bonds is 2. The molecular formula is C13H9ClN2O2S. The molecule has 3 aromatic rings. The Morgan fingerprint density at radius 3 is 2.89 bits per heavy atom. The number of aryl methyl sites for hydroxylation is 1. The van der Waals surface area contributed by atoms with Gasteiger partial charge in [-0.2, -0.15) is 0 Å². The molecule has 2 heterocycles. The fourth-order valence-corrected chi connectivity index (χ4v) is 3.07. The Morgan fingerprint density at radius 1 is 1.47 bits per heavy atom. The average Bonchev–Trinajstić information content (AvgIpc) is 2.89. The zero-order chi connectivity index (χ0) is 13.6. The predicted octanol–water partition coefficient (Wildman–Crippen LogP) is 3.72. The SMILES string of the molecule is Cc1c(C(=O)O)sc2nc(-c3cccc(Cl)c3)cn12. The van der Waals surface area contributed by atoms with E-state index in [0.29, 0.717) is 20.6 Å². The number of carbonyl (C=O) groups is 1. The van der Waals surface area contributed by atoms with Gasteiger partial charge in [0, 0.05) is 22.5 Å². The molecule has 0 unspecified atom stereocenters. The van der Waals surface area contributed by atoms with E-state index in [2.05, 4.69) is 4.98 Å². The molecule has 0 spiro atoms. The van der Waals surface area contributed by atoms with Gasteiger partial charge in [0.1, 0.15) is 4.88 Å². The molecule has 0 radical (unpaired) electrons. The van der Waals surface area contributed by atoms with E-state index in [1.165, 1.54) is 11.3 Å². The normalized spacial score (nSPS) is 11.1. The van der Waals surface area contributed by atoms with Gasteiger partial charge in [0.15, 0.2) is 4.96 Å². The molecule has 0 aliphatic heterocycles. The van der Waals surface area contributed by atoms with Gasteiger partial charge < -0.3 is 5.11 Å². The second-order valence-electron chi connectivity index (χ2n) is 4.11. The number of aromatic nitrogens is 2. The maximum atomic E-state index is 11.0. The topological polar surface area (TPSA) is 54.6 Å². The molecule has 3 rings (SSSR count). The van der Waals surface area contributed by atoms with Gasteiger partial charge in [-0.05, 0) is 19.1 Å². The summed E-state index contributed by atoms with van der Waals surface area (Å²) in [5.74, 6) is -0.919. The van der Waals surface area contributed by atoms with Crippen LogP contribution in [0.1, 0.15) is 15.4 Å². The molecule has 0 amide bonds. The third-order valence-corrected chi connectivity index (χ3v) is 4.25. The van der Waals surface area contributed by atoms with Crippen molar-refractivity contribution in [3.63, 3.8) is 0 Å². The summed E-state index contributed by atoms with van der Waals surface area (Å²) in [6, 6.07) is 7.42. The molecule has 1 N–H and O–H groups in total. The van der Waals surface area contributed by atoms with E-state index < -0.39 is 5.97 Å². The van der Waals surface area contributed by atoms with Crippen LogP contribution in [0, 0.1) is 6.92 Å². The van der Waals surface area contributed by atoms with E-state index in [9.17, 15) is 4.79 Å². The molecule has 0 aliphatic rings. The minimum absolute atomic E-state index is 0.320. The lowest BCUT2D eigenvalue weighted by molar-refractivity contribution is 0.0701. The van der Waals surface area contributed by atoms with E-state index in [1.807, 2.05) is 24.4 Å². The summed E-state index contributed by atoms with van der Waals surface area (Å²) in [6.07, 6.45) is 1.83. The lowest BCUT2D eigenvalue weighted by Crippen LogP contribution is -1.96. The number of nitrogens with zero attached hydrogens (tertiary/aromatic N) is 2. The lowest BCUT2D eigenvalue weighted by Gasteiger charge is -1.96. The summed E-state index contributed by atoms with van der Waals surface area (Å²) in [7, 11) is 0. The monoisotopic (exact) mass is 292 g/mol. The number of benzene rings is 1. The number of thiazole rings is 1. The van der Waals surface area contributed by atoms with Crippen molar-refractivity contribution in [2.24, 2.45) is 0 Å². The Bertz CT molecular complexity index is 791. The molecule has 19 heavy (non-hydrogen) atoms. The quantitative estimate of drug-likeness (QED) is 0.783. The summed E-state index contributed by atoms with van der Waals surface area (Å²) in [5, 5.41) is 9.71. The number of imidazole rings is 1. The van der Waals surface area contributed by atoms with E-state index in [-0.39, 0.29) is 0 Å². The largest absolute Gasteiger partial charge is 0.477 e. The van der Waals surface area contributed by atoms with Gasteiger partial charge in [-0.25, -0.2) is 9.78 Å². The smallest absolute Gasteiger partial charge is 0.347 e. The second-order valence-corrected chi connectivity index (χ2v) is 5.52. The van der Waals surface area contributed by atoms with Crippen molar-refractivity contribution in [1.82, 2.24) is 9.38 Å². The summed E-state index contributed by atoms with van der Waals surface area (Å²) in [4.78, 5) is 16.5. The first-order valence-electron chi connectivity index (χ1n) is 5.54. The summed E-state index contributed by atoms with van der Waals surface area (Å²) in [5.41, 5.74) is 2.39. The van der Waals surface area contributed by atoms with Crippen molar-refractivity contribution in [3.05, 3.63) is 46.1 Å². The highest BCUT2D eigenvalue weighted by molar-refractivity contribution is 7.19. The summed E-state index contributed by atoms with van der Waals surface area (Å²) >= 11 is 7.13. The fraction of sp³-hybridized carbons (Fsp3) is 0.0769. The van der Waals surface area contributed by atoms with Crippen molar-refractivity contribution in [2.75, 3.05) is 0 Å². The molecule has 0 atom stereocenters. The van der Waals surface area contributed by atoms with Crippen molar-refractivity contribution in [1.29, 1.82) is 0 Å². The van der Waals surface area contributed by atoms with Crippen molar-refractivity contribution < 1.29 is 9.90 Å². The zero-order valence-corrected chi connectivity index (χ0v) is 11.5. The van der Waals surface area contributed by atoms with Crippen molar-refractivity contribution in [3.8, 4) is 11.3 Å². The Morgan fingerprint density at radius 2 is 2.26 bits per heavy atom. The Labute approximate surface area is 117 Å². The number of carboxylic acids is 1. The number of halogens is 1. The first-order chi connectivity index (χ1) is 9.06. The van der Waals surface area contributed by atoms with Crippen LogP contribution < -0.4 is 0 Å². The first kappa shape index (κ1) is 12.2. The highest BCUT2D eigenvalue weighted by Crippen LogP contribution is 2.28. The molecule has 2 aromatic heterocycles. The number of hydrogen-bond acceptors (Lipinski definition) is 3. The molecule has 0 saturated heterocycles. The highest BCUT2D eigenvalue weighted by Gasteiger charge is 2.17. The minimum atomic E-state index is -0.919. The number of carboxylic acid groups (broad SMARTS) is 1. The number of aromatic carboxylic acids is 1. The molecule has 1 aromatic carbocycles. The third-order valence-electron chi connectivity index (χ3n) is 2.87. The minimum Gasteiger partial charge on any atom is -0.477 e. The van der Waals surface area contributed by atoms with Crippen molar-refractivity contribution in [2.45, 2.75) is 6.92 Å². The van der Waals surface area contributed by atoms with E-state index >= 15 is 0 Å². The first-order valence-corrected chi connectivity index (χ1v) is 6.73. The van der Waals surface area contributed by atoms with Crippen LogP contribution in [0.25, 0.3) is 16.2 Å². The maximum absolute atomic E-state index is 11.0. The molecule has 0 saturated carbocycles. The number of fused-ring (bicyclic) bond motifs is 1. The molecule has 6 heteroatoms. The number of hydrogen-bond donors (Lipinski definition) is 1. The van der Waals surface area contributed by atoms with Gasteiger partial charge in [-0.15, -0.1) is 0 Å². The predicted molar refractivity (Wildman–Crippen MR) is 75.2 cm³/mol. The van der Waals surface area contributed by atoms with Crippen LogP contribution in [0.4, 0.5) is 0 Å². The standard InChI is InChI=1S/C13H9ClN2O2S/c1-7-11(12(17)18)19-13-15-10(6-16(7)13)8-3-2-4-9(14)5-8/h2-6H,1H3,(H,17,18). The van der Waals surface area contributed by atoms with Crippen LogP contribution in [0.3, 0.4) is 0 Å². The van der Waals surface area contributed by atoms with Crippen LogP contribution in [-0.2, 0) is 0 Å². The molecule has 0 aliphatic carbocycles. The highest BCUT2D eigenvalue weighted by atomic mass is 35.5. The molecule has 96 valence electrons.